The lowest BCUT2D eigenvalue weighted by Gasteiger charge is -2.26. The first-order chi connectivity index (χ1) is 23.8. The Labute approximate surface area is 280 Å². The van der Waals surface area contributed by atoms with E-state index >= 15 is 0 Å². The van der Waals surface area contributed by atoms with E-state index in [-0.39, 0.29) is 5.92 Å². The highest BCUT2D eigenvalue weighted by molar-refractivity contribution is 5.99. The van der Waals surface area contributed by atoms with Crippen molar-refractivity contribution >= 4 is 18.0 Å². The number of hydrogen-bond acceptors (Lipinski definition) is 6. The van der Waals surface area contributed by atoms with Gasteiger partial charge in [0.15, 0.2) is 0 Å². The third-order valence-electron chi connectivity index (χ3n) is 9.07. The lowest BCUT2D eigenvalue weighted by molar-refractivity contribution is 0.882. The molecule has 2 aliphatic rings. The molecule has 2 aromatic carbocycles. The second-order valence-corrected chi connectivity index (χ2v) is 11.9. The van der Waals surface area contributed by atoms with Crippen molar-refractivity contribution in [1.82, 2.24) is 19.9 Å². The summed E-state index contributed by atoms with van der Waals surface area (Å²) in [6, 6.07) is 26.1. The molecule has 4 aromatic heterocycles. The quantitative estimate of drug-likeness (QED) is 0.178. The molecule has 1 atom stereocenters. The van der Waals surface area contributed by atoms with E-state index in [1.54, 1.807) is 0 Å². The molecule has 0 saturated carbocycles. The van der Waals surface area contributed by atoms with Crippen LogP contribution in [-0.2, 0) is 0 Å². The standard InChI is InChI=1S/C42H32N6/c1-13-43-14-2-29(1)37-25-35(26-38(30-3-15-44-16-4-30)41(37)33-9-21-47-22-10-33)36-27-39(31-5-17-45-18-6-31)42(34-11-23-48-24-12-34)40(28-36)32-7-19-46-20-8-32/h1-7,9-11,13-19,21-28,34H,8,12,20H2. The first-order valence-electron chi connectivity index (χ1n) is 16.2. The fourth-order valence-electron chi connectivity index (χ4n) is 6.80. The highest BCUT2D eigenvalue weighted by Crippen LogP contribution is 2.46. The van der Waals surface area contributed by atoms with Crippen LogP contribution in [0, 0.1) is 0 Å². The molecule has 230 valence electrons. The van der Waals surface area contributed by atoms with Crippen LogP contribution in [0.5, 0.6) is 0 Å². The molecule has 0 spiro atoms. The molecule has 0 bridgehead atoms. The fourth-order valence-corrected chi connectivity index (χ4v) is 6.80. The van der Waals surface area contributed by atoms with Crippen molar-refractivity contribution in [1.29, 1.82) is 0 Å². The topological polar surface area (TPSA) is 76.3 Å². The average Bonchev–Trinajstić information content (AvgIpc) is 3.19. The van der Waals surface area contributed by atoms with E-state index in [0.29, 0.717) is 0 Å². The predicted octanol–water partition coefficient (Wildman–Crippen LogP) is 9.53. The molecule has 0 saturated heterocycles. The Hall–Kier alpha value is -6.14. The van der Waals surface area contributed by atoms with Gasteiger partial charge in [0.2, 0.25) is 0 Å². The summed E-state index contributed by atoms with van der Waals surface area (Å²) >= 11 is 0. The highest BCUT2D eigenvalue weighted by Gasteiger charge is 2.24. The van der Waals surface area contributed by atoms with E-state index in [1.165, 1.54) is 22.3 Å². The monoisotopic (exact) mass is 620 g/mol. The smallest absolute Gasteiger partial charge is 0.0429 e. The molecule has 0 amide bonds. The van der Waals surface area contributed by atoms with Crippen molar-refractivity contribution in [2.45, 2.75) is 18.8 Å². The number of hydrogen-bond donors (Lipinski definition) is 0. The first-order valence-corrected chi connectivity index (χ1v) is 16.2. The zero-order chi connectivity index (χ0) is 32.1. The molecule has 0 radical (unpaired) electrons. The number of rotatable bonds is 7. The third kappa shape index (κ3) is 5.80. The normalized spacial score (nSPS) is 15.3. The van der Waals surface area contributed by atoms with Gasteiger partial charge in [-0.2, -0.15) is 0 Å². The van der Waals surface area contributed by atoms with Crippen LogP contribution in [0.1, 0.15) is 29.9 Å². The van der Waals surface area contributed by atoms with Crippen LogP contribution < -0.4 is 0 Å². The summed E-state index contributed by atoms with van der Waals surface area (Å²) in [5.41, 5.74) is 15.2. The molecule has 6 aromatic rings. The molecule has 2 aliphatic heterocycles. The number of pyridine rings is 4. The molecule has 6 heterocycles. The summed E-state index contributed by atoms with van der Waals surface area (Å²) in [5.74, 6) is 0.198. The van der Waals surface area contributed by atoms with Crippen LogP contribution in [0.25, 0.3) is 61.2 Å². The van der Waals surface area contributed by atoms with Gasteiger partial charge in [-0.05, 0) is 164 Å². The Morgan fingerprint density at radius 2 is 1.02 bits per heavy atom. The Morgan fingerprint density at radius 3 is 1.52 bits per heavy atom. The van der Waals surface area contributed by atoms with Gasteiger partial charge in [0.1, 0.15) is 0 Å². The molecule has 0 aliphatic carbocycles. The molecule has 0 N–H and O–H groups in total. The van der Waals surface area contributed by atoms with Gasteiger partial charge in [-0.3, -0.25) is 29.9 Å². The second-order valence-electron chi connectivity index (χ2n) is 11.9. The summed E-state index contributed by atoms with van der Waals surface area (Å²) < 4.78 is 0. The number of aromatic nitrogens is 4. The van der Waals surface area contributed by atoms with Gasteiger partial charge in [0, 0.05) is 80.7 Å². The molecule has 48 heavy (non-hydrogen) atoms. The SMILES string of the molecule is C1=CC(c2c(C3=CC=NCC3)cc(-c3cc(-c4ccncc4)c(-c4ccncc4)c(-c4ccncc4)c3)cc2-c2ccncc2)CC=N1. The summed E-state index contributed by atoms with van der Waals surface area (Å²) in [6.45, 7) is 0.779. The summed E-state index contributed by atoms with van der Waals surface area (Å²) in [6.07, 6.45) is 26.9. The van der Waals surface area contributed by atoms with Gasteiger partial charge in [-0.1, -0.05) is 6.08 Å². The van der Waals surface area contributed by atoms with E-state index in [9.17, 15) is 0 Å². The van der Waals surface area contributed by atoms with Crippen molar-refractivity contribution in [3.05, 3.63) is 152 Å². The average molecular weight is 621 g/mol. The maximum atomic E-state index is 4.53. The lowest BCUT2D eigenvalue weighted by atomic mass is 9.79. The van der Waals surface area contributed by atoms with Crippen LogP contribution in [0.2, 0.25) is 0 Å². The van der Waals surface area contributed by atoms with Crippen LogP contribution in [0.15, 0.2) is 151 Å². The van der Waals surface area contributed by atoms with Gasteiger partial charge in [-0.25, -0.2) is 0 Å². The van der Waals surface area contributed by atoms with Gasteiger partial charge < -0.3 is 0 Å². The van der Waals surface area contributed by atoms with Crippen molar-refractivity contribution in [3.8, 4) is 55.6 Å². The van der Waals surface area contributed by atoms with Crippen molar-refractivity contribution < 1.29 is 0 Å². The number of allylic oxidation sites excluding steroid dienone is 2. The molecule has 8 rings (SSSR count). The molecule has 6 nitrogen and oxygen atoms in total. The zero-order valence-electron chi connectivity index (χ0n) is 26.3. The molecular weight excluding hydrogens is 589 g/mol. The predicted molar refractivity (Wildman–Crippen MR) is 196 cm³/mol. The lowest BCUT2D eigenvalue weighted by Crippen LogP contribution is -2.08. The van der Waals surface area contributed by atoms with E-state index < -0.39 is 0 Å². The van der Waals surface area contributed by atoms with E-state index in [4.69, 9.17) is 0 Å². The zero-order valence-corrected chi connectivity index (χ0v) is 26.3. The Balaban J connectivity index is 1.45. The molecular formula is C42H32N6. The fraction of sp³-hybridized carbons (Fsp3) is 0.0952. The Bertz CT molecular complexity index is 2130. The number of aliphatic imine (C=N–C) groups is 2. The number of dihydropyridines is 1. The minimum Gasteiger partial charge on any atom is -0.293 e. The summed E-state index contributed by atoms with van der Waals surface area (Å²) in [7, 11) is 0. The second kappa shape index (κ2) is 13.3. The largest absolute Gasteiger partial charge is 0.293 e. The van der Waals surface area contributed by atoms with Gasteiger partial charge in [0.05, 0.1) is 0 Å². The minimum absolute atomic E-state index is 0.198. The summed E-state index contributed by atoms with van der Waals surface area (Å²) in [4.78, 5) is 26.3. The third-order valence-corrected chi connectivity index (χ3v) is 9.07. The van der Waals surface area contributed by atoms with Gasteiger partial charge >= 0.3 is 0 Å². The van der Waals surface area contributed by atoms with E-state index in [0.717, 1.165) is 69.5 Å². The van der Waals surface area contributed by atoms with Crippen molar-refractivity contribution in [2.75, 3.05) is 6.54 Å². The van der Waals surface area contributed by atoms with Crippen LogP contribution in [0.3, 0.4) is 0 Å². The minimum atomic E-state index is 0.198. The highest BCUT2D eigenvalue weighted by atomic mass is 14.7. The summed E-state index contributed by atoms with van der Waals surface area (Å²) in [5, 5.41) is 0. The maximum Gasteiger partial charge on any atom is 0.0429 e. The first kappa shape index (κ1) is 29.3. The van der Waals surface area contributed by atoms with E-state index in [2.05, 4.69) is 115 Å². The van der Waals surface area contributed by atoms with Crippen LogP contribution in [-0.4, -0.2) is 38.9 Å². The maximum absolute atomic E-state index is 4.53. The molecule has 0 fully saturated rings. The number of benzene rings is 2. The van der Waals surface area contributed by atoms with Crippen LogP contribution >= 0.6 is 0 Å². The molecule has 6 heteroatoms. The number of nitrogens with zero attached hydrogens (tertiary/aromatic N) is 6. The Kier molecular flexibility index (Phi) is 8.11. The van der Waals surface area contributed by atoms with Crippen LogP contribution in [0.4, 0.5) is 0 Å². The van der Waals surface area contributed by atoms with Gasteiger partial charge in [-0.15, -0.1) is 0 Å². The molecule has 1 unspecified atom stereocenters. The van der Waals surface area contributed by atoms with Gasteiger partial charge in [0.25, 0.3) is 0 Å². The van der Waals surface area contributed by atoms with Crippen molar-refractivity contribution in [2.24, 2.45) is 9.98 Å². The van der Waals surface area contributed by atoms with E-state index in [1.807, 2.05) is 68.2 Å². The Morgan fingerprint density at radius 1 is 0.521 bits per heavy atom. The van der Waals surface area contributed by atoms with Crippen molar-refractivity contribution in [3.63, 3.8) is 0 Å².